The fourth-order valence-electron chi connectivity index (χ4n) is 2.59. The Bertz CT molecular complexity index is 614. The van der Waals surface area contributed by atoms with Gasteiger partial charge in [-0.1, -0.05) is 17.8 Å². The van der Waals surface area contributed by atoms with E-state index in [0.717, 1.165) is 35.0 Å². The number of carbonyl (C=O) groups is 1. The van der Waals surface area contributed by atoms with Crippen LogP contribution in [0.5, 0.6) is 0 Å². The quantitative estimate of drug-likeness (QED) is 0.811. The van der Waals surface area contributed by atoms with E-state index in [4.69, 9.17) is 0 Å². The second kappa shape index (κ2) is 6.58. The van der Waals surface area contributed by atoms with Gasteiger partial charge in [-0.2, -0.15) is 0 Å². The van der Waals surface area contributed by atoms with Crippen molar-refractivity contribution < 1.29 is 4.79 Å². The zero-order chi connectivity index (χ0) is 14.7. The second-order valence-corrected chi connectivity index (χ2v) is 7.16. The molecule has 0 aromatic carbocycles. The molecule has 0 radical (unpaired) electrons. The molecule has 3 heterocycles. The van der Waals surface area contributed by atoms with Crippen LogP contribution in [-0.2, 0) is 4.79 Å². The van der Waals surface area contributed by atoms with Crippen LogP contribution in [0.3, 0.4) is 0 Å². The van der Waals surface area contributed by atoms with Gasteiger partial charge in [-0.15, -0.1) is 11.3 Å². The number of rotatable bonds is 4. The van der Waals surface area contributed by atoms with Gasteiger partial charge in [-0.25, -0.2) is 4.98 Å². The molecule has 0 saturated carbocycles. The number of likely N-dealkylation sites (tertiary alicyclic amines) is 1. The molecule has 0 bridgehead atoms. The van der Waals surface area contributed by atoms with Gasteiger partial charge in [0, 0.05) is 30.0 Å². The third-order valence-electron chi connectivity index (χ3n) is 3.56. The molecule has 2 aromatic heterocycles. The average molecular weight is 319 g/mol. The number of pyridine rings is 1. The number of thioether (sulfide) groups is 1. The number of aryl methyl sites for hydroxylation is 1. The molecule has 1 fully saturated rings. The Morgan fingerprint density at radius 2 is 2.48 bits per heavy atom. The van der Waals surface area contributed by atoms with E-state index < -0.39 is 0 Å². The van der Waals surface area contributed by atoms with Crippen LogP contribution in [0.15, 0.2) is 34.2 Å². The molecule has 6 heteroatoms. The van der Waals surface area contributed by atoms with Gasteiger partial charge in [0.15, 0.2) is 4.34 Å². The van der Waals surface area contributed by atoms with Crippen molar-refractivity contribution in [2.24, 2.45) is 0 Å². The van der Waals surface area contributed by atoms with Crippen LogP contribution in [0.1, 0.15) is 30.1 Å². The first kappa shape index (κ1) is 14.5. The predicted molar refractivity (Wildman–Crippen MR) is 85.5 cm³/mol. The van der Waals surface area contributed by atoms with Gasteiger partial charge in [0.25, 0.3) is 0 Å². The molecule has 21 heavy (non-hydrogen) atoms. The van der Waals surface area contributed by atoms with Crippen molar-refractivity contribution in [2.75, 3.05) is 12.3 Å². The smallest absolute Gasteiger partial charge is 0.233 e. The first-order valence-electron chi connectivity index (χ1n) is 6.98. The minimum atomic E-state index is 0.185. The summed E-state index contributed by atoms with van der Waals surface area (Å²) in [6.45, 7) is 2.82. The van der Waals surface area contributed by atoms with E-state index >= 15 is 0 Å². The molecule has 4 nitrogen and oxygen atoms in total. The highest BCUT2D eigenvalue weighted by molar-refractivity contribution is 8.01. The molecule has 0 N–H and O–H groups in total. The molecule has 1 aliphatic heterocycles. The molecule has 110 valence electrons. The van der Waals surface area contributed by atoms with Crippen molar-refractivity contribution in [3.8, 4) is 0 Å². The lowest BCUT2D eigenvalue weighted by molar-refractivity contribution is -0.129. The van der Waals surface area contributed by atoms with E-state index in [2.05, 4.69) is 16.0 Å². The lowest BCUT2D eigenvalue weighted by Gasteiger charge is -2.24. The summed E-state index contributed by atoms with van der Waals surface area (Å²) in [6.07, 6.45) is 5.73. The maximum Gasteiger partial charge on any atom is 0.233 e. The van der Waals surface area contributed by atoms with Gasteiger partial charge < -0.3 is 4.90 Å². The Balaban J connectivity index is 1.63. The molecule has 0 aliphatic carbocycles. The molecular weight excluding hydrogens is 302 g/mol. The minimum absolute atomic E-state index is 0.185. The van der Waals surface area contributed by atoms with Crippen LogP contribution in [0.4, 0.5) is 0 Å². The van der Waals surface area contributed by atoms with Crippen LogP contribution in [0.25, 0.3) is 0 Å². The number of amides is 1. The van der Waals surface area contributed by atoms with Crippen molar-refractivity contribution in [2.45, 2.75) is 30.1 Å². The summed E-state index contributed by atoms with van der Waals surface area (Å²) in [7, 11) is 0. The van der Waals surface area contributed by atoms with Crippen LogP contribution in [0, 0.1) is 6.92 Å². The van der Waals surface area contributed by atoms with Gasteiger partial charge in [0.1, 0.15) is 0 Å². The van der Waals surface area contributed by atoms with Crippen molar-refractivity contribution in [3.05, 3.63) is 41.2 Å². The molecule has 1 amide bonds. The molecule has 1 saturated heterocycles. The number of aromatic nitrogens is 2. The van der Waals surface area contributed by atoms with Crippen LogP contribution < -0.4 is 0 Å². The number of nitrogens with zero attached hydrogens (tertiary/aromatic N) is 3. The molecule has 1 aliphatic rings. The zero-order valence-corrected chi connectivity index (χ0v) is 13.5. The SMILES string of the molecule is Cc1csc(SCC(=O)N2CCCC2c2cccnc2)n1. The van der Waals surface area contributed by atoms with Gasteiger partial charge >= 0.3 is 0 Å². The Morgan fingerprint density at radius 1 is 1.57 bits per heavy atom. The third-order valence-corrected chi connectivity index (χ3v) is 5.68. The maximum atomic E-state index is 12.5. The Kier molecular flexibility index (Phi) is 4.55. The van der Waals surface area contributed by atoms with Gasteiger partial charge in [0.2, 0.25) is 5.91 Å². The first-order chi connectivity index (χ1) is 10.2. The topological polar surface area (TPSA) is 46.1 Å². The Morgan fingerprint density at radius 3 is 3.19 bits per heavy atom. The monoisotopic (exact) mass is 319 g/mol. The number of thiazole rings is 1. The van der Waals surface area contributed by atoms with Gasteiger partial charge in [-0.05, 0) is 31.4 Å². The van der Waals surface area contributed by atoms with Crippen LogP contribution in [0.2, 0.25) is 0 Å². The summed E-state index contributed by atoms with van der Waals surface area (Å²) < 4.78 is 0.970. The van der Waals surface area contributed by atoms with Crippen LogP contribution in [-0.4, -0.2) is 33.1 Å². The first-order valence-corrected chi connectivity index (χ1v) is 8.85. The Hall–Kier alpha value is -1.40. The van der Waals surface area contributed by atoms with E-state index in [0.29, 0.717) is 5.75 Å². The normalized spacial score (nSPS) is 18.1. The molecular formula is C15H17N3OS2. The highest BCUT2D eigenvalue weighted by Gasteiger charge is 2.29. The summed E-state index contributed by atoms with van der Waals surface area (Å²) >= 11 is 3.14. The minimum Gasteiger partial charge on any atom is -0.335 e. The summed E-state index contributed by atoms with van der Waals surface area (Å²) in [5, 5.41) is 2.01. The van der Waals surface area contributed by atoms with Gasteiger partial charge in [-0.3, -0.25) is 9.78 Å². The summed E-state index contributed by atoms with van der Waals surface area (Å²) in [4.78, 5) is 23.0. The largest absolute Gasteiger partial charge is 0.335 e. The lowest BCUT2D eigenvalue weighted by atomic mass is 10.1. The van der Waals surface area contributed by atoms with Crippen LogP contribution >= 0.6 is 23.1 Å². The van der Waals surface area contributed by atoms with E-state index in [-0.39, 0.29) is 11.9 Å². The highest BCUT2D eigenvalue weighted by Crippen LogP contribution is 2.32. The second-order valence-electron chi connectivity index (χ2n) is 5.07. The van der Waals surface area contributed by atoms with E-state index in [1.165, 1.54) is 11.8 Å². The molecule has 1 atom stereocenters. The van der Waals surface area contributed by atoms with Crippen molar-refractivity contribution >= 4 is 29.0 Å². The standard InChI is InChI=1S/C15H17N3OS2/c1-11-9-20-15(17-11)21-10-14(19)18-7-3-5-13(18)12-4-2-6-16-8-12/h2,4,6,8-9,13H,3,5,7,10H2,1H3. The fourth-order valence-corrected chi connectivity index (χ4v) is 4.33. The molecule has 2 aromatic rings. The Labute approximate surface area is 132 Å². The predicted octanol–water partition coefficient (Wildman–Crippen LogP) is 3.30. The van der Waals surface area contributed by atoms with Gasteiger partial charge in [0.05, 0.1) is 11.8 Å². The van der Waals surface area contributed by atoms with Crippen molar-refractivity contribution in [3.63, 3.8) is 0 Å². The fraction of sp³-hybridized carbons (Fsp3) is 0.400. The van der Waals surface area contributed by atoms with E-state index in [1.54, 1.807) is 17.5 Å². The zero-order valence-electron chi connectivity index (χ0n) is 11.9. The molecule has 1 unspecified atom stereocenters. The van der Waals surface area contributed by atoms with Crippen molar-refractivity contribution in [1.82, 2.24) is 14.9 Å². The number of hydrogen-bond donors (Lipinski definition) is 0. The molecule has 0 spiro atoms. The maximum absolute atomic E-state index is 12.5. The number of hydrogen-bond acceptors (Lipinski definition) is 5. The summed E-state index contributed by atoms with van der Waals surface area (Å²) in [5.41, 5.74) is 2.16. The number of carbonyl (C=O) groups excluding carboxylic acids is 1. The lowest BCUT2D eigenvalue weighted by Crippen LogP contribution is -2.32. The average Bonchev–Trinajstić information content (AvgIpc) is 3.14. The summed E-state index contributed by atoms with van der Waals surface area (Å²) in [5.74, 6) is 0.656. The summed E-state index contributed by atoms with van der Waals surface area (Å²) in [6, 6.07) is 4.18. The highest BCUT2D eigenvalue weighted by atomic mass is 32.2. The van der Waals surface area contributed by atoms with E-state index in [9.17, 15) is 4.79 Å². The van der Waals surface area contributed by atoms with E-state index in [1.807, 2.05) is 29.5 Å². The molecule has 3 rings (SSSR count). The third kappa shape index (κ3) is 3.44. The van der Waals surface area contributed by atoms with Crippen molar-refractivity contribution in [1.29, 1.82) is 0 Å².